The van der Waals surface area contributed by atoms with Crippen molar-refractivity contribution in [1.82, 2.24) is 24.8 Å². The van der Waals surface area contributed by atoms with E-state index in [-0.39, 0.29) is 34.5 Å². The standard InChI is InChI=1S/C38H46F3N9O/c1-23(25-8-5-14-45-34(25)44)49(3)35-28-20-48(2)38(13-4-7-26-29(39)17-30(43)27(19-42)32(26)38)18-31(28)46-36(47-35)51-22-37(11-6-12-37)21-50-15-9-24(10-16-50)33(40)41/h5,8,14,17,23H,4,6-7,9-13,15-16,18,20-22,43H2,1-3H3,(H2,44,45)/t23-,38+/m1/s1. The number of likely N-dealkylation sites (N-methyl/N-ethyl adjacent to an activating group) is 1. The number of halogens is 3. The Labute approximate surface area is 297 Å². The van der Waals surface area contributed by atoms with Crippen molar-refractivity contribution in [2.24, 2.45) is 5.41 Å². The first-order valence-corrected chi connectivity index (χ1v) is 17.9. The SMILES string of the molecule is C[C@H](c1cccnc1N)N(C)c1nc(OCC2(CN3CCC(=C(F)F)CC3)CCC2)nc2c1CN(C)[C@@]1(CCCc3c(F)cc(N)c(C#N)c31)C2. The second-order valence-electron chi connectivity index (χ2n) is 15.0. The summed E-state index contributed by atoms with van der Waals surface area (Å²) in [5, 5.41) is 10.3. The number of piperidine rings is 1. The highest BCUT2D eigenvalue weighted by atomic mass is 19.3. The fourth-order valence-electron chi connectivity index (χ4n) is 8.85. The van der Waals surface area contributed by atoms with Crippen LogP contribution in [0, 0.1) is 22.6 Å². The minimum Gasteiger partial charge on any atom is -0.463 e. The van der Waals surface area contributed by atoms with Crippen molar-refractivity contribution >= 4 is 17.3 Å². The molecule has 3 aromatic rings. The molecule has 270 valence electrons. The van der Waals surface area contributed by atoms with Crippen LogP contribution in [0.4, 0.5) is 30.5 Å². The van der Waals surface area contributed by atoms with E-state index >= 15 is 4.39 Å². The number of nitriles is 1. The molecule has 1 saturated carbocycles. The summed E-state index contributed by atoms with van der Waals surface area (Å²) in [5.41, 5.74) is 16.3. The number of ether oxygens (including phenoxy) is 1. The average Bonchev–Trinajstić information content (AvgIpc) is 3.10. The van der Waals surface area contributed by atoms with Gasteiger partial charge in [0, 0.05) is 62.4 Å². The lowest BCUT2D eigenvalue weighted by atomic mass is 9.68. The topological polar surface area (TPSA) is 133 Å². The minimum atomic E-state index is -1.54. The molecule has 2 fully saturated rings. The molecule has 0 amide bonds. The van der Waals surface area contributed by atoms with E-state index in [1.165, 1.54) is 6.07 Å². The smallest absolute Gasteiger partial charge is 0.318 e. The maximum Gasteiger partial charge on any atom is 0.318 e. The third-order valence-corrected chi connectivity index (χ3v) is 12.1. The largest absolute Gasteiger partial charge is 0.463 e. The molecule has 2 aliphatic carbocycles. The number of nitrogens with zero attached hydrogens (tertiary/aromatic N) is 7. The van der Waals surface area contributed by atoms with Crippen LogP contribution in [0.15, 0.2) is 36.0 Å². The van der Waals surface area contributed by atoms with Crippen molar-refractivity contribution in [1.29, 1.82) is 5.26 Å². The zero-order valence-corrected chi connectivity index (χ0v) is 29.6. The summed E-state index contributed by atoms with van der Waals surface area (Å²) in [7, 11) is 3.99. The Hall–Kier alpha value is -4.41. The number of hydrogen-bond donors (Lipinski definition) is 2. The number of anilines is 3. The zero-order chi connectivity index (χ0) is 36.1. The van der Waals surface area contributed by atoms with Crippen molar-refractivity contribution < 1.29 is 17.9 Å². The molecule has 1 aromatic carbocycles. The van der Waals surface area contributed by atoms with Gasteiger partial charge in [0.15, 0.2) is 0 Å². The number of nitrogen functional groups attached to an aromatic ring is 2. The van der Waals surface area contributed by atoms with Crippen LogP contribution in [0.3, 0.4) is 0 Å². The van der Waals surface area contributed by atoms with Gasteiger partial charge in [-0.1, -0.05) is 12.5 Å². The van der Waals surface area contributed by atoms with E-state index in [0.29, 0.717) is 86.7 Å². The van der Waals surface area contributed by atoms with Gasteiger partial charge in [-0.3, -0.25) is 4.90 Å². The van der Waals surface area contributed by atoms with E-state index < -0.39 is 11.6 Å². The molecular weight excluding hydrogens is 655 g/mol. The normalized spacial score (nSPS) is 22.0. The lowest BCUT2D eigenvalue weighted by molar-refractivity contribution is 0.0115. The molecule has 0 bridgehead atoms. The van der Waals surface area contributed by atoms with Gasteiger partial charge in [-0.2, -0.15) is 24.0 Å². The summed E-state index contributed by atoms with van der Waals surface area (Å²) >= 11 is 0. The van der Waals surface area contributed by atoms with Crippen LogP contribution in [0.5, 0.6) is 6.01 Å². The highest BCUT2D eigenvalue weighted by Crippen LogP contribution is 2.50. The molecule has 4 N–H and O–H groups in total. The van der Waals surface area contributed by atoms with Gasteiger partial charge < -0.3 is 26.0 Å². The molecule has 2 aliphatic heterocycles. The van der Waals surface area contributed by atoms with E-state index in [0.717, 1.165) is 49.0 Å². The summed E-state index contributed by atoms with van der Waals surface area (Å²) < 4.78 is 48.4. The van der Waals surface area contributed by atoms with E-state index in [4.69, 9.17) is 26.2 Å². The maximum atomic E-state index is 15.5. The Bertz CT molecular complexity index is 1890. The van der Waals surface area contributed by atoms with Crippen molar-refractivity contribution in [2.75, 3.05) is 56.7 Å². The van der Waals surface area contributed by atoms with Gasteiger partial charge in [0.05, 0.1) is 35.1 Å². The lowest BCUT2D eigenvalue weighted by Crippen LogP contribution is -2.51. The quantitative estimate of drug-likeness (QED) is 0.259. The Kier molecular flexibility index (Phi) is 9.35. The van der Waals surface area contributed by atoms with Gasteiger partial charge in [0.1, 0.15) is 23.5 Å². The molecule has 1 spiro atoms. The van der Waals surface area contributed by atoms with Crippen LogP contribution >= 0.6 is 0 Å². The van der Waals surface area contributed by atoms with E-state index in [9.17, 15) is 14.0 Å². The monoisotopic (exact) mass is 701 g/mol. The van der Waals surface area contributed by atoms with Gasteiger partial charge in [0.25, 0.3) is 6.08 Å². The minimum absolute atomic E-state index is 0.112. The van der Waals surface area contributed by atoms with E-state index in [1.54, 1.807) is 6.20 Å². The molecule has 0 radical (unpaired) electrons. The van der Waals surface area contributed by atoms with Gasteiger partial charge in [-0.05, 0) is 87.7 Å². The molecule has 1 saturated heterocycles. The molecule has 4 heterocycles. The molecule has 4 aliphatic rings. The fourth-order valence-corrected chi connectivity index (χ4v) is 8.85. The second-order valence-corrected chi connectivity index (χ2v) is 15.0. The van der Waals surface area contributed by atoms with Crippen LogP contribution in [-0.2, 0) is 24.9 Å². The van der Waals surface area contributed by atoms with Crippen LogP contribution in [-0.4, -0.2) is 65.1 Å². The molecule has 51 heavy (non-hydrogen) atoms. The summed E-state index contributed by atoms with van der Waals surface area (Å²) in [5.74, 6) is 0.765. The first-order chi connectivity index (χ1) is 24.4. The van der Waals surface area contributed by atoms with Gasteiger partial charge in [0.2, 0.25) is 0 Å². The molecule has 0 unspecified atom stereocenters. The summed E-state index contributed by atoms with van der Waals surface area (Å²) in [6.07, 6.45) is 6.39. The number of likely N-dealkylation sites (tertiary alicyclic amines) is 1. The highest BCUT2D eigenvalue weighted by molar-refractivity contribution is 5.65. The Morgan fingerprint density at radius 3 is 2.55 bits per heavy atom. The maximum absolute atomic E-state index is 15.5. The molecule has 2 atom stereocenters. The third-order valence-electron chi connectivity index (χ3n) is 12.1. The van der Waals surface area contributed by atoms with Gasteiger partial charge >= 0.3 is 6.01 Å². The van der Waals surface area contributed by atoms with Gasteiger partial charge in [-0.25, -0.2) is 9.37 Å². The Morgan fingerprint density at radius 2 is 1.88 bits per heavy atom. The van der Waals surface area contributed by atoms with E-state index in [2.05, 4.69) is 32.7 Å². The van der Waals surface area contributed by atoms with E-state index in [1.807, 2.05) is 26.2 Å². The number of aromatic nitrogens is 3. The number of pyridine rings is 1. The van der Waals surface area contributed by atoms with Crippen LogP contribution in [0.1, 0.15) is 91.4 Å². The average molecular weight is 702 g/mol. The first-order valence-electron chi connectivity index (χ1n) is 17.9. The Balaban J connectivity index is 1.25. The second kappa shape index (κ2) is 13.6. The third kappa shape index (κ3) is 6.26. The predicted molar refractivity (Wildman–Crippen MR) is 190 cm³/mol. The van der Waals surface area contributed by atoms with Crippen molar-refractivity contribution in [3.63, 3.8) is 0 Å². The molecular formula is C38H46F3N9O. The highest BCUT2D eigenvalue weighted by Gasteiger charge is 2.48. The van der Waals surface area contributed by atoms with Gasteiger partial charge in [-0.15, -0.1) is 0 Å². The Morgan fingerprint density at radius 1 is 1.12 bits per heavy atom. The molecule has 13 heteroatoms. The summed E-state index contributed by atoms with van der Waals surface area (Å²) in [4.78, 5) is 21.0. The zero-order valence-electron chi connectivity index (χ0n) is 29.6. The number of nitrogens with two attached hydrogens (primary N) is 2. The van der Waals surface area contributed by atoms with Crippen molar-refractivity contribution in [3.05, 3.63) is 75.4 Å². The van der Waals surface area contributed by atoms with Crippen LogP contribution in [0.2, 0.25) is 0 Å². The van der Waals surface area contributed by atoms with Crippen LogP contribution < -0.4 is 21.1 Å². The first kappa shape index (κ1) is 35.0. The summed E-state index contributed by atoms with van der Waals surface area (Å²) in [6.45, 7) is 4.92. The fraction of sp³-hybridized carbons (Fsp3) is 0.526. The molecule has 10 nitrogen and oxygen atoms in total. The van der Waals surface area contributed by atoms with Crippen molar-refractivity contribution in [3.8, 4) is 12.1 Å². The number of rotatable bonds is 8. The van der Waals surface area contributed by atoms with Crippen LogP contribution in [0.25, 0.3) is 0 Å². The number of benzene rings is 1. The number of fused-ring (bicyclic) bond motifs is 3. The molecule has 2 aromatic heterocycles. The summed E-state index contributed by atoms with van der Waals surface area (Å²) in [6, 6.07) is 7.45. The lowest BCUT2D eigenvalue weighted by Gasteiger charge is -2.50. The number of hydrogen-bond acceptors (Lipinski definition) is 10. The van der Waals surface area contributed by atoms with Crippen molar-refractivity contribution in [2.45, 2.75) is 82.8 Å². The molecule has 7 rings (SSSR count). The predicted octanol–water partition coefficient (Wildman–Crippen LogP) is 6.26.